The number of unbranched alkanes of at least 4 members (excludes halogenated alkanes) is 2. The second kappa shape index (κ2) is 49.0. The zero-order valence-electron chi connectivity index (χ0n) is 74.1. The molecule has 4 aromatic heterocycles. The Balaban J connectivity index is 0.528. The third-order valence-electron chi connectivity index (χ3n) is 21.8. The van der Waals surface area contributed by atoms with E-state index in [4.69, 9.17) is 128 Å². The molecular weight excluding hydrogens is 1710 g/mol. The van der Waals surface area contributed by atoms with Crippen molar-refractivity contribution in [2.45, 2.75) is 239 Å². The van der Waals surface area contributed by atoms with Crippen LogP contribution in [0.5, 0.6) is 0 Å². The van der Waals surface area contributed by atoms with E-state index in [1.807, 2.05) is 59.7 Å². The van der Waals surface area contributed by atoms with Gasteiger partial charge in [0.2, 0.25) is 17.7 Å². The maximum absolute atomic E-state index is 14.2. The van der Waals surface area contributed by atoms with Gasteiger partial charge in [0.25, 0.3) is 0 Å². The molecule has 127 heavy (non-hydrogen) atoms. The molecule has 9 aliphatic heterocycles. The van der Waals surface area contributed by atoms with E-state index in [1.54, 1.807) is 60.4 Å². The van der Waals surface area contributed by atoms with Gasteiger partial charge < -0.3 is 144 Å². The summed E-state index contributed by atoms with van der Waals surface area (Å²) in [5.74, 6) is -2.16. The van der Waals surface area contributed by atoms with Crippen LogP contribution in [-0.2, 0) is 182 Å². The van der Waals surface area contributed by atoms with Gasteiger partial charge in [0.1, 0.15) is 87.1 Å². The van der Waals surface area contributed by atoms with Crippen molar-refractivity contribution in [3.05, 3.63) is 60.1 Å². The van der Waals surface area contributed by atoms with Crippen LogP contribution >= 0.6 is 21.6 Å². The van der Waals surface area contributed by atoms with Crippen molar-refractivity contribution in [3.63, 3.8) is 0 Å². The standard InChI is InChI=1S/C82H129N13O30S2/c1-58(96)84-67-69-72(122-77(5,6)119-69)81(56-115-74(67)124-81)53-109-39-36-106-33-30-103-27-24-100-21-18-94-44-61(88-91-94)47-112-50-79(86-64(98)14-10-9-13-41-126-127-65-15-11-12-16-83-65,49-111-46-60-43-93(90-87-60)17-20-99-23-26-102-29-32-105-35-38-108-52-80-55-114-66(118-80)42-63-71(80)121-76(3,4)117-63)51-113-48-62-45-95(92-89-62)19-22-101-25-28-104-31-34-107-37-40-110-54-82-57-116-75(125-82)68(85-59(2)97)70-73(82)123-78(7,8)120-70/h11-12,15-16,43-45,63,66-75H,9-10,13-14,17-42,46-57H2,1-8H3,(H,84,96)(H,85,97)(H,86,98)/t63-,66+,67-,68-,69-,70-,71-,72-,73-,74+,75+,80+,81+,82+/m1/s1. The van der Waals surface area contributed by atoms with Crippen LogP contribution in [0, 0.1) is 0 Å². The van der Waals surface area contributed by atoms with Crippen LogP contribution in [0.4, 0.5) is 0 Å². The summed E-state index contributed by atoms with van der Waals surface area (Å²) >= 11 is 0. The van der Waals surface area contributed by atoms with Crippen LogP contribution in [0.3, 0.4) is 0 Å². The first-order valence-electron chi connectivity index (χ1n) is 43.9. The zero-order chi connectivity index (χ0) is 88.8. The first-order chi connectivity index (χ1) is 61.5. The molecule has 6 bridgehead atoms. The number of nitrogens with one attached hydrogen (secondary N) is 3. The van der Waals surface area contributed by atoms with Crippen LogP contribution < -0.4 is 16.0 Å². The van der Waals surface area contributed by atoms with Gasteiger partial charge >= 0.3 is 0 Å². The van der Waals surface area contributed by atoms with E-state index in [0.29, 0.717) is 202 Å². The Morgan fingerprint density at radius 2 is 0.843 bits per heavy atom. The number of amides is 3. The maximum Gasteiger partial charge on any atom is 0.220 e. The van der Waals surface area contributed by atoms with Gasteiger partial charge in [-0.15, -0.1) is 15.3 Å². The van der Waals surface area contributed by atoms with E-state index in [9.17, 15) is 14.4 Å². The lowest BCUT2D eigenvalue weighted by molar-refractivity contribution is -0.214. The molecule has 0 saturated carbocycles. The molecular formula is C82H129N13O30S2. The fourth-order valence-corrected chi connectivity index (χ4v) is 18.2. The first kappa shape index (κ1) is 99.1. The number of nitrogens with zero attached hydrogens (tertiary/aromatic N) is 10. The Hall–Kier alpha value is -5.40. The summed E-state index contributed by atoms with van der Waals surface area (Å²) < 4.78 is 168. The molecule has 9 aliphatic rings. The van der Waals surface area contributed by atoms with E-state index in [2.05, 4.69) is 51.9 Å². The molecule has 0 spiro atoms. The van der Waals surface area contributed by atoms with E-state index in [0.717, 1.165) is 23.6 Å². The van der Waals surface area contributed by atoms with Gasteiger partial charge in [0.05, 0.1) is 262 Å². The van der Waals surface area contributed by atoms with Gasteiger partial charge in [-0.1, -0.05) is 38.9 Å². The summed E-state index contributed by atoms with van der Waals surface area (Å²) in [5, 5.41) is 36.1. The fraction of sp³-hybridized carbons (Fsp3) is 0.829. The third-order valence-corrected chi connectivity index (χ3v) is 24.1. The number of rotatable bonds is 65. The predicted molar refractivity (Wildman–Crippen MR) is 443 cm³/mol. The Morgan fingerprint density at radius 3 is 1.26 bits per heavy atom. The number of hydrogen-bond acceptors (Lipinski definition) is 39. The Morgan fingerprint density at radius 1 is 0.449 bits per heavy atom. The van der Waals surface area contributed by atoms with Crippen molar-refractivity contribution in [2.75, 3.05) is 204 Å². The largest absolute Gasteiger partial charge is 0.377 e. The van der Waals surface area contributed by atoms with Gasteiger partial charge in [-0.25, -0.2) is 19.0 Å². The molecule has 9 saturated heterocycles. The quantitative estimate of drug-likeness (QED) is 0.0421. The molecule has 0 radical (unpaired) electrons. The monoisotopic (exact) mass is 1840 g/mol. The van der Waals surface area contributed by atoms with Gasteiger partial charge in [0, 0.05) is 38.6 Å². The topological polar surface area (TPSA) is 442 Å². The molecule has 9 fully saturated rings. The molecule has 13 heterocycles. The summed E-state index contributed by atoms with van der Waals surface area (Å²) in [6, 6.07) is 4.82. The lowest BCUT2D eigenvalue weighted by atomic mass is 9.88. The first-order valence-corrected chi connectivity index (χ1v) is 46.2. The molecule has 0 aliphatic carbocycles. The molecule has 43 nitrogen and oxygen atoms in total. The SMILES string of the molecule is CC(=O)N[C@H]1[C@H]2OC[C@](COCCOCCOCCOCCn3cc(COCC(COCc4cn(CCOCCOCCOCCOC[C@@]56CO[C@@H](O5)[C@H](NC(C)=O)[C@H]5OC(C)(C)O[C@H]56)nn4)(COCc4cn(CCOCCOCCOCCOC[C@]56CO[C@H](C[C@H]7OC(C)(C)O[C@H]75)O6)nn4)NC(=O)CCCCCSSc4ccccn4)nn3)(O2)[C@@H]2OC(C)(C)O[C@H]12. The van der Waals surface area contributed by atoms with Gasteiger partial charge in [-0.2, -0.15) is 0 Å². The molecule has 3 amide bonds. The number of hydrogen-bond donors (Lipinski definition) is 3. The lowest BCUT2D eigenvalue weighted by Gasteiger charge is -2.42. The number of ether oxygens (including phenoxy) is 27. The summed E-state index contributed by atoms with van der Waals surface area (Å²) in [6.07, 6.45) is 6.41. The molecule has 3 N–H and O–H groups in total. The van der Waals surface area contributed by atoms with Crippen LogP contribution in [0.25, 0.3) is 0 Å². The minimum absolute atomic E-state index is 0.0424. The zero-order valence-corrected chi connectivity index (χ0v) is 75.8. The highest BCUT2D eigenvalue weighted by molar-refractivity contribution is 8.76. The molecule has 45 heteroatoms. The highest BCUT2D eigenvalue weighted by Crippen LogP contribution is 2.50. The Kier molecular flexibility index (Phi) is 38.2. The van der Waals surface area contributed by atoms with Crippen LogP contribution in [0.15, 0.2) is 48.0 Å². The van der Waals surface area contributed by atoms with Gasteiger partial charge in [-0.3, -0.25) is 14.4 Å². The summed E-state index contributed by atoms with van der Waals surface area (Å²) in [6.45, 7) is 24.3. The molecule has 714 valence electrons. The number of pyridine rings is 1. The summed E-state index contributed by atoms with van der Waals surface area (Å²) in [4.78, 5) is 42.6. The number of aromatic nitrogens is 10. The van der Waals surface area contributed by atoms with Gasteiger partial charge in [0.15, 0.2) is 36.2 Å². The second-order valence-electron chi connectivity index (χ2n) is 33.8. The average Bonchev–Trinajstić information content (AvgIpc) is 1.58. The molecule has 4 aromatic rings. The van der Waals surface area contributed by atoms with Crippen LogP contribution in [0.2, 0.25) is 0 Å². The Labute approximate surface area is 747 Å². The van der Waals surface area contributed by atoms with Crippen molar-refractivity contribution >= 4 is 39.3 Å². The highest BCUT2D eigenvalue weighted by atomic mass is 33.1. The third kappa shape index (κ3) is 30.0. The number of fused-ring (bicyclic) bond motifs is 12. The molecule has 0 unspecified atom stereocenters. The average molecular weight is 1840 g/mol. The van der Waals surface area contributed by atoms with Crippen molar-refractivity contribution < 1.29 is 142 Å². The molecule has 14 atom stereocenters. The minimum atomic E-state index is -1.24. The van der Waals surface area contributed by atoms with Crippen molar-refractivity contribution in [1.29, 1.82) is 0 Å². The minimum Gasteiger partial charge on any atom is -0.377 e. The van der Waals surface area contributed by atoms with Crippen molar-refractivity contribution in [1.82, 2.24) is 65.9 Å². The van der Waals surface area contributed by atoms with E-state index >= 15 is 0 Å². The van der Waals surface area contributed by atoms with Gasteiger partial charge in [-0.05, 0) is 77.3 Å². The van der Waals surface area contributed by atoms with E-state index in [1.165, 1.54) is 13.8 Å². The maximum atomic E-state index is 14.2. The van der Waals surface area contributed by atoms with Crippen molar-refractivity contribution in [3.8, 4) is 0 Å². The van der Waals surface area contributed by atoms with E-state index < -0.39 is 88.8 Å². The predicted octanol–water partition coefficient (Wildman–Crippen LogP) is 2.20. The van der Waals surface area contributed by atoms with Crippen LogP contribution in [0.1, 0.15) is 105 Å². The normalized spacial score (nSPS) is 27.9. The number of carbonyl (C=O) groups excluding carboxylic acids is 3. The van der Waals surface area contributed by atoms with E-state index in [-0.39, 0.29) is 109 Å². The fourth-order valence-electron chi connectivity index (χ4n) is 16.1. The summed E-state index contributed by atoms with van der Waals surface area (Å²) in [5.41, 5.74) is -2.07. The highest BCUT2D eigenvalue weighted by Gasteiger charge is 2.68. The van der Waals surface area contributed by atoms with Crippen LogP contribution in [-0.4, -0.2) is 379 Å². The molecule has 13 rings (SSSR count). The van der Waals surface area contributed by atoms with Crippen molar-refractivity contribution in [2.24, 2.45) is 0 Å². The second-order valence-corrected chi connectivity index (χ2v) is 36.2. The number of carbonyl (C=O) groups is 3. The smallest absolute Gasteiger partial charge is 0.220 e. The summed E-state index contributed by atoms with van der Waals surface area (Å²) in [7, 11) is 3.37. The molecule has 0 aromatic carbocycles. The lowest BCUT2D eigenvalue weighted by Crippen LogP contribution is -2.65. The Bertz CT molecular complexity index is 3780.